The molecule has 0 saturated carbocycles. The first-order chi connectivity index (χ1) is 23.0. The van der Waals surface area contributed by atoms with Crippen molar-refractivity contribution in [2.75, 3.05) is 47.6 Å². The Bertz CT molecular complexity index is 1740. The Balaban J connectivity index is 1.26. The summed E-state index contributed by atoms with van der Waals surface area (Å²) in [5.74, 6) is -0.647. The van der Waals surface area contributed by atoms with Crippen LogP contribution in [-0.2, 0) is 44.1 Å². The summed E-state index contributed by atoms with van der Waals surface area (Å²) in [6.07, 6.45) is 1.34. The van der Waals surface area contributed by atoms with Gasteiger partial charge in [-0.25, -0.2) is 9.59 Å². The zero-order valence-electron chi connectivity index (χ0n) is 27.2. The van der Waals surface area contributed by atoms with E-state index in [0.29, 0.717) is 67.4 Å². The number of anilines is 3. The molecule has 3 fully saturated rings. The lowest BCUT2D eigenvalue weighted by Gasteiger charge is -2.32. The highest BCUT2D eigenvalue weighted by molar-refractivity contribution is 6.71. The zero-order valence-corrected chi connectivity index (χ0v) is 28.2. The zero-order chi connectivity index (χ0) is 33.8. The molecule has 15 heteroatoms. The smallest absolute Gasteiger partial charge is 0.414 e. The second-order valence-electron chi connectivity index (χ2n) is 13.4. The predicted molar refractivity (Wildman–Crippen MR) is 176 cm³/mol. The Morgan fingerprint density at radius 3 is 2.35 bits per heavy atom. The summed E-state index contributed by atoms with van der Waals surface area (Å²) in [4.78, 5) is 56.3. The molecule has 4 aliphatic rings. The molecule has 3 saturated heterocycles. The van der Waals surface area contributed by atoms with Gasteiger partial charge in [0.1, 0.15) is 13.2 Å². The molecule has 3 aromatic rings. The minimum Gasteiger partial charge on any atom is -0.447 e. The maximum absolute atomic E-state index is 15.0. The van der Waals surface area contributed by atoms with E-state index >= 15 is 0 Å². The van der Waals surface area contributed by atoms with Crippen LogP contribution in [0.4, 0.5) is 26.7 Å². The fourth-order valence-corrected chi connectivity index (χ4v) is 10.5. The van der Waals surface area contributed by atoms with Gasteiger partial charge in [0.2, 0.25) is 0 Å². The average molecular weight is 677 g/mol. The van der Waals surface area contributed by atoms with Crippen molar-refractivity contribution < 1.29 is 38.5 Å². The van der Waals surface area contributed by atoms with E-state index in [0.717, 1.165) is 5.56 Å². The van der Waals surface area contributed by atoms with Gasteiger partial charge in [0.05, 0.1) is 37.1 Å². The summed E-state index contributed by atoms with van der Waals surface area (Å²) >= 11 is 0. The molecule has 4 atom stereocenters. The molecule has 0 unspecified atom stereocenters. The molecule has 1 aromatic heterocycles. The van der Waals surface area contributed by atoms with Crippen molar-refractivity contribution in [1.29, 1.82) is 0 Å². The number of rotatable bonds is 10. The van der Waals surface area contributed by atoms with Crippen LogP contribution in [0.3, 0.4) is 0 Å². The summed E-state index contributed by atoms with van der Waals surface area (Å²) < 4.78 is 19.0. The van der Waals surface area contributed by atoms with Crippen LogP contribution in [0.5, 0.6) is 0 Å². The maximum Gasteiger partial charge on any atom is 0.414 e. The summed E-state index contributed by atoms with van der Waals surface area (Å²) in [7, 11) is -2.92. The predicted octanol–water partition coefficient (Wildman–Crippen LogP) is 3.16. The number of hydrogen-bond acceptors (Lipinski definition) is 10. The normalized spacial score (nSPS) is 25.4. The molecule has 254 valence electrons. The van der Waals surface area contributed by atoms with E-state index in [1.54, 1.807) is 25.6 Å². The monoisotopic (exact) mass is 676 g/mol. The third-order valence-corrected chi connectivity index (χ3v) is 12.5. The van der Waals surface area contributed by atoms with E-state index in [1.165, 1.54) is 0 Å². The maximum atomic E-state index is 15.0. The Labute approximate surface area is 278 Å². The van der Waals surface area contributed by atoms with Crippen LogP contribution in [0.15, 0.2) is 48.7 Å². The lowest BCUT2D eigenvalue weighted by Crippen LogP contribution is -2.46. The van der Waals surface area contributed by atoms with Crippen LogP contribution in [0.2, 0.25) is 18.6 Å². The largest absolute Gasteiger partial charge is 0.447 e. The van der Waals surface area contributed by atoms with E-state index in [4.69, 9.17) is 14.2 Å². The number of fused-ring (bicyclic) bond motifs is 2. The molecule has 7 rings (SSSR count). The van der Waals surface area contributed by atoms with Crippen LogP contribution < -0.4 is 14.7 Å². The lowest BCUT2D eigenvalue weighted by atomic mass is 9.82. The number of cyclic esters (lactones) is 2. The molecule has 2 N–H and O–H groups in total. The van der Waals surface area contributed by atoms with Crippen LogP contribution in [0, 0.1) is 5.92 Å². The van der Waals surface area contributed by atoms with E-state index in [1.807, 2.05) is 62.5 Å². The number of ether oxygens (including phenoxy) is 3. The molecule has 48 heavy (non-hydrogen) atoms. The highest BCUT2D eigenvalue weighted by Gasteiger charge is 2.66. The summed E-state index contributed by atoms with van der Waals surface area (Å²) in [6.45, 7) is 7.80. The Hall–Kier alpha value is -4.31. The van der Waals surface area contributed by atoms with Crippen molar-refractivity contribution in [3.63, 3.8) is 0 Å². The third kappa shape index (κ3) is 5.43. The van der Waals surface area contributed by atoms with Gasteiger partial charge in [0, 0.05) is 54.2 Å². The van der Waals surface area contributed by atoms with Crippen LogP contribution >= 0.6 is 0 Å². The van der Waals surface area contributed by atoms with Crippen molar-refractivity contribution >= 4 is 43.5 Å². The molecule has 3 amide bonds. The number of nitrogens with zero attached hydrogens (tertiary/aromatic N) is 6. The summed E-state index contributed by atoms with van der Waals surface area (Å²) in [5.41, 5.74) is 2.37. The molecule has 1 spiro atoms. The van der Waals surface area contributed by atoms with E-state index in [9.17, 15) is 24.3 Å². The Morgan fingerprint density at radius 1 is 1.00 bits per heavy atom. The van der Waals surface area contributed by atoms with Gasteiger partial charge in [-0.2, -0.15) is 0 Å². The number of aryl methyl sites for hydroxylation is 1. The number of carbonyl (C=O) groups excluding carboxylic acids is 3. The summed E-state index contributed by atoms with van der Waals surface area (Å²) in [5, 5.41) is 17.6. The fourth-order valence-electron chi connectivity index (χ4n) is 7.86. The number of aromatic nitrogens is 3. The second kappa shape index (κ2) is 12.3. The number of aliphatic hydroxyl groups excluding tert-OH is 1. The van der Waals surface area contributed by atoms with E-state index in [-0.39, 0.29) is 31.2 Å². The SMILES string of the molecule is C[C@@H]1[C@@H]([Si](C)(C)O)[C@H](CCn2cc(CCO)nn2)O[C@@]12C(=O)N(Cc1cccc(N3CCOC3=O)c1)c1ccc(N3CCOC3=O)cc12. The summed E-state index contributed by atoms with van der Waals surface area (Å²) in [6, 6.07) is 13.0. The van der Waals surface area contributed by atoms with Gasteiger partial charge in [0.15, 0.2) is 13.9 Å². The van der Waals surface area contributed by atoms with Gasteiger partial charge >= 0.3 is 12.2 Å². The molecule has 0 bridgehead atoms. The average Bonchev–Trinajstić information content (AvgIpc) is 3.87. The molecule has 0 radical (unpaired) electrons. The molecular weight excluding hydrogens is 636 g/mol. The van der Waals surface area contributed by atoms with Crippen molar-refractivity contribution in [3.8, 4) is 0 Å². The fraction of sp³-hybridized carbons (Fsp3) is 0.485. The highest BCUT2D eigenvalue weighted by atomic mass is 28.4. The standard InChI is InChI=1S/C33H40N6O8Si/c1-21-29(48(2,3)44)28(9-11-36-20-23(10-14-40)34-35-36)47-33(21)26-18-25(38-13-16-46-32(38)43)7-8-27(26)39(30(33)41)19-22-5-4-6-24(17-22)37-12-15-45-31(37)42/h4-8,17-18,20-21,28-29,40,44H,9-16,19H2,1-3H3/t21-,28+,29-,33+/m1/s1. The van der Waals surface area contributed by atoms with E-state index in [2.05, 4.69) is 10.3 Å². The number of benzene rings is 2. The van der Waals surface area contributed by atoms with Gasteiger partial charge in [-0.3, -0.25) is 19.3 Å². The lowest BCUT2D eigenvalue weighted by molar-refractivity contribution is -0.146. The van der Waals surface area contributed by atoms with Gasteiger partial charge in [-0.05, 0) is 55.4 Å². The van der Waals surface area contributed by atoms with Gasteiger partial charge in [0.25, 0.3) is 5.91 Å². The minimum atomic E-state index is -2.92. The number of amides is 3. The van der Waals surface area contributed by atoms with Crippen molar-refractivity contribution in [3.05, 3.63) is 65.5 Å². The van der Waals surface area contributed by atoms with Crippen molar-refractivity contribution in [2.24, 2.45) is 5.92 Å². The first-order valence-corrected chi connectivity index (χ1v) is 19.4. The number of carbonyl (C=O) groups is 3. The number of aliphatic hydroxyl groups is 1. The highest BCUT2D eigenvalue weighted by Crippen LogP contribution is 2.60. The van der Waals surface area contributed by atoms with Crippen molar-refractivity contribution in [2.45, 2.75) is 63.2 Å². The Morgan fingerprint density at radius 2 is 1.71 bits per heavy atom. The van der Waals surface area contributed by atoms with Gasteiger partial charge < -0.3 is 29.0 Å². The topological polar surface area (TPSA) is 160 Å². The molecule has 0 aliphatic carbocycles. The van der Waals surface area contributed by atoms with Crippen molar-refractivity contribution in [1.82, 2.24) is 15.0 Å². The first-order valence-electron chi connectivity index (χ1n) is 16.4. The first kappa shape index (κ1) is 32.2. The van der Waals surface area contributed by atoms with E-state index < -0.39 is 38.1 Å². The van der Waals surface area contributed by atoms with Crippen LogP contribution in [-0.4, -0.2) is 90.3 Å². The molecule has 4 aliphatic heterocycles. The molecule has 14 nitrogen and oxygen atoms in total. The van der Waals surface area contributed by atoms with Gasteiger partial charge in [-0.1, -0.05) is 24.3 Å². The minimum absolute atomic E-state index is 0.0267. The number of hydrogen-bond donors (Lipinski definition) is 2. The molecule has 2 aromatic carbocycles. The van der Waals surface area contributed by atoms with Crippen LogP contribution in [0.25, 0.3) is 0 Å². The molecular formula is C33H40N6O8Si. The Kier molecular flexibility index (Phi) is 8.26. The quantitative estimate of drug-likeness (QED) is 0.306. The van der Waals surface area contributed by atoms with Gasteiger partial charge in [-0.15, -0.1) is 5.10 Å². The third-order valence-electron chi connectivity index (χ3n) is 9.96. The molecule has 5 heterocycles. The second-order valence-corrected chi connectivity index (χ2v) is 17.4. The van der Waals surface area contributed by atoms with Crippen LogP contribution in [0.1, 0.15) is 30.2 Å².